The molecular weight excluding hydrogens is 406 g/mol. The number of benzene rings is 1. The molecule has 0 heterocycles. The Morgan fingerprint density at radius 2 is 1.84 bits per heavy atom. The first-order valence-electron chi connectivity index (χ1n) is 11.8. The second-order valence-corrected chi connectivity index (χ2v) is 8.60. The summed E-state index contributed by atoms with van der Waals surface area (Å²) in [7, 11) is 0. The van der Waals surface area contributed by atoms with E-state index in [4.69, 9.17) is 4.74 Å². The number of hydrogen-bond acceptors (Lipinski definition) is 5. The summed E-state index contributed by atoms with van der Waals surface area (Å²) in [6, 6.07) is 7.06. The van der Waals surface area contributed by atoms with Gasteiger partial charge in [-0.15, -0.1) is 0 Å². The lowest BCUT2D eigenvalue weighted by molar-refractivity contribution is -0.121. The van der Waals surface area contributed by atoms with Gasteiger partial charge in [-0.2, -0.15) is 5.10 Å². The molecule has 1 aromatic carbocycles. The number of hydrazone groups is 1. The third kappa shape index (κ3) is 9.62. The molecule has 1 atom stereocenters. The summed E-state index contributed by atoms with van der Waals surface area (Å²) in [5.41, 5.74) is 4.01. The number of ether oxygens (including phenoxy) is 1. The predicted octanol–water partition coefficient (Wildman–Crippen LogP) is 4.44. The molecule has 0 aliphatic heterocycles. The monoisotopic (exact) mass is 443 g/mol. The molecule has 2 N–H and O–H groups in total. The first kappa shape index (κ1) is 25.6. The summed E-state index contributed by atoms with van der Waals surface area (Å²) < 4.78 is 5.48. The summed E-state index contributed by atoms with van der Waals surface area (Å²) in [6.07, 6.45) is 6.58. The average Bonchev–Trinajstić information content (AvgIpc) is 3.57. The van der Waals surface area contributed by atoms with Gasteiger partial charge in [0.05, 0.1) is 0 Å². The highest BCUT2D eigenvalue weighted by atomic mass is 16.5. The predicted molar refractivity (Wildman–Crippen MR) is 126 cm³/mol. The molecule has 0 unspecified atom stereocenters. The van der Waals surface area contributed by atoms with Crippen molar-refractivity contribution in [3.05, 3.63) is 29.8 Å². The standard InChI is InChI=1S/C25H37N3O4/c1-4-6-18(3)24(23(30)16-20-8-9-20)27-28-25(31)26-15-14-19-10-12-22(13-11-19)32-17-21(29)7-5-2/h10-13,18,20H,4-9,14-17H2,1-3H3,(H2,26,28,31)/b27-24-/t18-/m0/s1. The van der Waals surface area contributed by atoms with Crippen molar-refractivity contribution >= 4 is 23.3 Å². The van der Waals surface area contributed by atoms with Crippen molar-refractivity contribution in [3.8, 4) is 5.75 Å². The van der Waals surface area contributed by atoms with Crippen LogP contribution in [0.15, 0.2) is 29.4 Å². The maximum atomic E-state index is 12.5. The smallest absolute Gasteiger partial charge is 0.335 e. The summed E-state index contributed by atoms with van der Waals surface area (Å²) in [6.45, 7) is 6.56. The lowest BCUT2D eigenvalue weighted by Gasteiger charge is -2.13. The molecule has 1 saturated carbocycles. The highest BCUT2D eigenvalue weighted by Gasteiger charge is 2.28. The Labute approximate surface area is 191 Å². The summed E-state index contributed by atoms with van der Waals surface area (Å²) in [4.78, 5) is 36.2. The second-order valence-electron chi connectivity index (χ2n) is 8.60. The molecule has 7 heteroatoms. The Balaban J connectivity index is 1.76. The van der Waals surface area contributed by atoms with Crippen LogP contribution >= 0.6 is 0 Å². The van der Waals surface area contributed by atoms with Crippen LogP contribution in [0.25, 0.3) is 0 Å². The lowest BCUT2D eigenvalue weighted by atomic mass is 9.95. The van der Waals surface area contributed by atoms with Gasteiger partial charge in [0.25, 0.3) is 0 Å². The SMILES string of the molecule is CCCC(=O)COc1ccc(CCNC(=O)N/N=C(\C(=O)CC2CC2)[C@@H](C)CCC)cc1. The molecule has 2 rings (SSSR count). The first-order valence-corrected chi connectivity index (χ1v) is 11.8. The Hall–Kier alpha value is -2.70. The van der Waals surface area contributed by atoms with Gasteiger partial charge in [0.1, 0.15) is 18.1 Å². The van der Waals surface area contributed by atoms with Crippen LogP contribution in [0.1, 0.15) is 71.3 Å². The maximum absolute atomic E-state index is 12.5. The molecule has 1 aliphatic carbocycles. The molecule has 0 bridgehead atoms. The Morgan fingerprint density at radius 1 is 1.12 bits per heavy atom. The van der Waals surface area contributed by atoms with Gasteiger partial charge in [0.15, 0.2) is 11.6 Å². The molecule has 1 aromatic rings. The van der Waals surface area contributed by atoms with Crippen molar-refractivity contribution in [1.82, 2.24) is 10.7 Å². The second kappa shape index (κ2) is 13.7. The number of amides is 2. The zero-order valence-electron chi connectivity index (χ0n) is 19.6. The number of nitrogens with zero attached hydrogens (tertiary/aromatic N) is 1. The minimum atomic E-state index is -0.417. The molecule has 1 fully saturated rings. The number of ketones is 2. The van der Waals surface area contributed by atoms with Crippen LogP contribution in [0.4, 0.5) is 4.79 Å². The number of Topliss-reactive ketones (excluding diaryl/α,β-unsaturated/α-hetero) is 2. The average molecular weight is 444 g/mol. The van der Waals surface area contributed by atoms with Crippen molar-refractivity contribution in [2.45, 2.75) is 72.1 Å². The third-order valence-corrected chi connectivity index (χ3v) is 5.47. The van der Waals surface area contributed by atoms with E-state index in [1.165, 1.54) is 0 Å². The highest BCUT2D eigenvalue weighted by molar-refractivity contribution is 6.40. The van der Waals surface area contributed by atoms with Gasteiger partial charge in [-0.25, -0.2) is 10.2 Å². The number of nitrogens with one attached hydrogen (secondary N) is 2. The molecule has 1 aliphatic rings. The van der Waals surface area contributed by atoms with Gasteiger partial charge >= 0.3 is 6.03 Å². The van der Waals surface area contributed by atoms with Gasteiger partial charge in [-0.3, -0.25) is 9.59 Å². The van der Waals surface area contributed by atoms with Gasteiger partial charge in [0.2, 0.25) is 0 Å². The van der Waals surface area contributed by atoms with Gasteiger partial charge < -0.3 is 10.1 Å². The van der Waals surface area contributed by atoms with Crippen LogP contribution in [0.5, 0.6) is 5.75 Å². The topological polar surface area (TPSA) is 96.9 Å². The van der Waals surface area contributed by atoms with E-state index >= 15 is 0 Å². The van der Waals surface area contributed by atoms with E-state index in [0.717, 1.165) is 37.7 Å². The Kier molecular flexibility index (Phi) is 10.9. The van der Waals surface area contributed by atoms with Crippen molar-refractivity contribution in [1.29, 1.82) is 0 Å². The lowest BCUT2D eigenvalue weighted by Crippen LogP contribution is -2.36. The Morgan fingerprint density at radius 3 is 2.47 bits per heavy atom. The molecule has 0 saturated heterocycles. The van der Waals surface area contributed by atoms with Crippen LogP contribution in [0.3, 0.4) is 0 Å². The Bertz CT molecular complexity index is 785. The molecule has 32 heavy (non-hydrogen) atoms. The molecule has 176 valence electrons. The minimum Gasteiger partial charge on any atom is -0.486 e. The van der Waals surface area contributed by atoms with Gasteiger partial charge in [-0.05, 0) is 55.7 Å². The molecular formula is C25H37N3O4. The number of carbonyl (C=O) groups excluding carboxylic acids is 3. The van der Waals surface area contributed by atoms with Crippen LogP contribution in [-0.4, -0.2) is 36.5 Å². The van der Waals surface area contributed by atoms with Gasteiger partial charge in [-0.1, -0.05) is 39.3 Å². The molecule has 0 aromatic heterocycles. The number of urea groups is 1. The van der Waals surface area contributed by atoms with Crippen LogP contribution in [0, 0.1) is 11.8 Å². The molecule has 0 spiro atoms. The van der Waals surface area contributed by atoms with E-state index in [1.54, 1.807) is 0 Å². The van der Waals surface area contributed by atoms with E-state index in [1.807, 2.05) is 38.1 Å². The minimum absolute atomic E-state index is 0.0320. The first-order chi connectivity index (χ1) is 15.4. The van der Waals surface area contributed by atoms with Crippen LogP contribution in [0.2, 0.25) is 0 Å². The molecule has 7 nitrogen and oxygen atoms in total. The third-order valence-electron chi connectivity index (χ3n) is 5.47. The van der Waals surface area contributed by atoms with E-state index < -0.39 is 6.03 Å². The van der Waals surface area contributed by atoms with Gasteiger partial charge in [0, 0.05) is 25.3 Å². The maximum Gasteiger partial charge on any atom is 0.335 e. The fourth-order valence-electron chi connectivity index (χ4n) is 3.44. The van der Waals surface area contributed by atoms with E-state index in [9.17, 15) is 14.4 Å². The normalized spacial score (nSPS) is 14.5. The van der Waals surface area contributed by atoms with Crippen molar-refractivity contribution < 1.29 is 19.1 Å². The van der Waals surface area contributed by atoms with E-state index in [0.29, 0.717) is 43.2 Å². The number of carbonyl (C=O) groups is 3. The van der Waals surface area contributed by atoms with Crippen molar-refractivity contribution in [2.75, 3.05) is 13.2 Å². The zero-order valence-corrected chi connectivity index (χ0v) is 19.6. The zero-order chi connectivity index (χ0) is 23.3. The van der Waals surface area contributed by atoms with Crippen LogP contribution in [-0.2, 0) is 16.0 Å². The van der Waals surface area contributed by atoms with E-state index in [2.05, 4.69) is 22.8 Å². The molecule has 0 radical (unpaired) electrons. The summed E-state index contributed by atoms with van der Waals surface area (Å²) in [5.74, 6) is 1.32. The summed E-state index contributed by atoms with van der Waals surface area (Å²) >= 11 is 0. The van der Waals surface area contributed by atoms with Crippen LogP contribution < -0.4 is 15.5 Å². The van der Waals surface area contributed by atoms with Crippen molar-refractivity contribution in [3.63, 3.8) is 0 Å². The largest absolute Gasteiger partial charge is 0.486 e. The summed E-state index contributed by atoms with van der Waals surface area (Å²) in [5, 5.41) is 6.94. The number of hydrogen-bond donors (Lipinski definition) is 2. The highest BCUT2D eigenvalue weighted by Crippen LogP contribution is 2.33. The van der Waals surface area contributed by atoms with E-state index in [-0.39, 0.29) is 24.1 Å². The van der Waals surface area contributed by atoms with Crippen molar-refractivity contribution in [2.24, 2.45) is 16.9 Å². The fourth-order valence-corrected chi connectivity index (χ4v) is 3.44. The quantitative estimate of drug-likeness (QED) is 0.309. The number of rotatable bonds is 15. The molecule has 2 amide bonds. The fraction of sp³-hybridized carbons (Fsp3) is 0.600.